The Kier molecular flexibility index (Phi) is 5.52. The van der Waals surface area contributed by atoms with Crippen LogP contribution in [-0.4, -0.2) is 55.1 Å². The van der Waals surface area contributed by atoms with Gasteiger partial charge in [-0.1, -0.05) is 41.9 Å². The molecule has 1 aromatic heterocycles. The number of benzene rings is 2. The van der Waals surface area contributed by atoms with Gasteiger partial charge in [-0.3, -0.25) is 14.5 Å². The van der Waals surface area contributed by atoms with Gasteiger partial charge >= 0.3 is 0 Å². The van der Waals surface area contributed by atoms with Crippen LogP contribution >= 0.6 is 11.6 Å². The van der Waals surface area contributed by atoms with E-state index in [1.807, 2.05) is 30.3 Å². The predicted molar refractivity (Wildman–Crippen MR) is 119 cm³/mol. The topological polar surface area (TPSA) is 63.0 Å². The lowest BCUT2D eigenvalue weighted by atomic mass is 9.98. The number of morpholine rings is 1. The van der Waals surface area contributed by atoms with E-state index >= 15 is 0 Å². The van der Waals surface area contributed by atoms with Crippen molar-refractivity contribution < 1.29 is 13.9 Å². The second-order valence-electron chi connectivity index (χ2n) is 7.93. The van der Waals surface area contributed by atoms with Crippen LogP contribution in [0.15, 0.2) is 57.7 Å². The second-order valence-corrected chi connectivity index (χ2v) is 8.37. The normalized spacial score (nSPS) is 19.2. The Balaban J connectivity index is 1.52. The molecule has 5 rings (SSSR count). The van der Waals surface area contributed by atoms with E-state index in [9.17, 15) is 9.59 Å². The number of rotatable bonds is 5. The van der Waals surface area contributed by atoms with Gasteiger partial charge in [0.25, 0.3) is 5.91 Å². The number of ether oxygens (including phenoxy) is 1. The summed E-state index contributed by atoms with van der Waals surface area (Å²) in [5, 5.41) is 0.859. The lowest BCUT2D eigenvalue weighted by Gasteiger charge is -2.29. The monoisotopic (exact) mass is 438 g/mol. The van der Waals surface area contributed by atoms with Crippen molar-refractivity contribution in [1.82, 2.24) is 9.80 Å². The molecule has 1 unspecified atom stereocenters. The molecule has 2 aliphatic heterocycles. The number of amides is 1. The van der Waals surface area contributed by atoms with E-state index in [1.165, 1.54) is 0 Å². The minimum Gasteiger partial charge on any atom is -0.450 e. The molecule has 2 aliphatic rings. The Morgan fingerprint density at radius 2 is 1.77 bits per heavy atom. The average Bonchev–Trinajstić information content (AvgIpc) is 3.08. The highest BCUT2D eigenvalue weighted by Crippen LogP contribution is 2.38. The van der Waals surface area contributed by atoms with Crippen molar-refractivity contribution in [2.75, 3.05) is 39.4 Å². The third-order valence-electron chi connectivity index (χ3n) is 6.02. The minimum absolute atomic E-state index is 0.139. The molecule has 0 bridgehead atoms. The summed E-state index contributed by atoms with van der Waals surface area (Å²) in [6, 6.07) is 14.1. The fourth-order valence-electron chi connectivity index (χ4n) is 4.49. The van der Waals surface area contributed by atoms with Crippen LogP contribution in [0, 0.1) is 0 Å². The second kappa shape index (κ2) is 8.46. The molecule has 2 aromatic carbocycles. The molecule has 0 saturated carbocycles. The predicted octanol–water partition coefficient (Wildman–Crippen LogP) is 3.71. The maximum atomic E-state index is 13.4. The number of halogens is 1. The van der Waals surface area contributed by atoms with E-state index in [-0.39, 0.29) is 17.1 Å². The molecule has 0 aliphatic carbocycles. The van der Waals surface area contributed by atoms with Crippen LogP contribution in [0.4, 0.5) is 0 Å². The van der Waals surface area contributed by atoms with Crippen LogP contribution < -0.4 is 5.43 Å². The third-order valence-corrected chi connectivity index (χ3v) is 6.26. The lowest BCUT2D eigenvalue weighted by molar-refractivity contribution is 0.0353. The molecule has 0 radical (unpaired) electrons. The van der Waals surface area contributed by atoms with Crippen molar-refractivity contribution in [3.63, 3.8) is 0 Å². The van der Waals surface area contributed by atoms with Crippen molar-refractivity contribution in [2.24, 2.45) is 0 Å². The largest absolute Gasteiger partial charge is 0.450 e. The van der Waals surface area contributed by atoms with E-state index < -0.39 is 6.04 Å². The summed E-state index contributed by atoms with van der Waals surface area (Å²) in [6.45, 7) is 4.72. The van der Waals surface area contributed by atoms with Crippen molar-refractivity contribution in [1.29, 1.82) is 0 Å². The van der Waals surface area contributed by atoms with Crippen LogP contribution in [0.3, 0.4) is 0 Å². The number of fused-ring (bicyclic) bond motifs is 2. The van der Waals surface area contributed by atoms with Crippen LogP contribution in [0.25, 0.3) is 11.0 Å². The quantitative estimate of drug-likeness (QED) is 0.607. The molecule has 0 N–H and O–H groups in total. The van der Waals surface area contributed by atoms with E-state index in [2.05, 4.69) is 4.90 Å². The zero-order chi connectivity index (χ0) is 21.4. The van der Waals surface area contributed by atoms with Crippen molar-refractivity contribution >= 4 is 28.5 Å². The first-order valence-corrected chi connectivity index (χ1v) is 10.9. The highest BCUT2D eigenvalue weighted by molar-refractivity contribution is 6.31. The summed E-state index contributed by atoms with van der Waals surface area (Å²) in [6.07, 6.45) is 0.808. The van der Waals surface area contributed by atoms with E-state index in [1.54, 1.807) is 23.1 Å². The summed E-state index contributed by atoms with van der Waals surface area (Å²) in [7, 11) is 0. The fraction of sp³-hybridized carbons (Fsp3) is 0.333. The number of carbonyl (C=O) groups is 1. The maximum absolute atomic E-state index is 13.4. The molecule has 1 saturated heterocycles. The van der Waals surface area contributed by atoms with E-state index in [0.29, 0.717) is 28.1 Å². The molecule has 160 valence electrons. The Bertz CT molecular complexity index is 1170. The molecule has 1 amide bonds. The minimum atomic E-state index is -0.465. The molecular weight excluding hydrogens is 416 g/mol. The zero-order valence-corrected chi connectivity index (χ0v) is 17.8. The van der Waals surface area contributed by atoms with Gasteiger partial charge in [0, 0.05) is 31.2 Å². The van der Waals surface area contributed by atoms with Gasteiger partial charge in [-0.2, -0.15) is 0 Å². The van der Waals surface area contributed by atoms with E-state index in [4.69, 9.17) is 20.8 Å². The van der Waals surface area contributed by atoms with Crippen molar-refractivity contribution in [2.45, 2.75) is 12.5 Å². The molecule has 3 aromatic rings. The number of carbonyl (C=O) groups excluding carboxylic acids is 1. The van der Waals surface area contributed by atoms with Gasteiger partial charge in [-0.05, 0) is 30.2 Å². The van der Waals surface area contributed by atoms with Crippen molar-refractivity contribution in [3.05, 3.63) is 80.7 Å². The van der Waals surface area contributed by atoms with Gasteiger partial charge in [0.2, 0.25) is 5.76 Å². The first-order chi connectivity index (χ1) is 15.1. The first kappa shape index (κ1) is 20.2. The van der Waals surface area contributed by atoms with Crippen LogP contribution in [0.1, 0.15) is 34.1 Å². The van der Waals surface area contributed by atoms with Crippen LogP contribution in [0.2, 0.25) is 5.02 Å². The summed E-state index contributed by atoms with van der Waals surface area (Å²) in [5.74, 6) is -0.0974. The zero-order valence-electron chi connectivity index (χ0n) is 17.1. The Hall–Kier alpha value is -2.67. The Morgan fingerprint density at radius 1 is 1.00 bits per heavy atom. The summed E-state index contributed by atoms with van der Waals surface area (Å²) < 4.78 is 11.4. The molecule has 1 atom stereocenters. The lowest BCUT2D eigenvalue weighted by Crippen LogP contribution is -2.38. The fourth-order valence-corrected chi connectivity index (χ4v) is 4.67. The standard InChI is InChI=1S/C24H23ClN2O4/c25-17-7-8-19-18(15-17)22(28)20-21(16-5-2-1-3-6-16)27(24(29)23(20)31-19)10-4-9-26-11-13-30-14-12-26/h1-3,5-8,15,21H,4,9-14H2. The molecule has 3 heterocycles. The SMILES string of the molecule is O=C1c2oc3ccc(Cl)cc3c(=O)c2C(c2ccccc2)N1CCCN1CCOCC1. The molecular formula is C24H23ClN2O4. The maximum Gasteiger partial charge on any atom is 0.290 e. The van der Waals surface area contributed by atoms with E-state index in [0.717, 1.165) is 44.8 Å². The molecule has 7 heteroatoms. The highest BCUT2D eigenvalue weighted by atomic mass is 35.5. The summed E-state index contributed by atoms with van der Waals surface area (Å²) in [5.41, 5.74) is 1.48. The molecule has 0 spiro atoms. The van der Waals surface area contributed by atoms with Crippen LogP contribution in [-0.2, 0) is 4.74 Å². The summed E-state index contributed by atoms with van der Waals surface area (Å²) in [4.78, 5) is 30.9. The third kappa shape index (κ3) is 3.76. The first-order valence-electron chi connectivity index (χ1n) is 10.6. The van der Waals surface area contributed by atoms with Crippen LogP contribution in [0.5, 0.6) is 0 Å². The smallest absolute Gasteiger partial charge is 0.290 e. The van der Waals surface area contributed by atoms with Gasteiger partial charge in [0.15, 0.2) is 5.43 Å². The van der Waals surface area contributed by atoms with Gasteiger partial charge in [-0.15, -0.1) is 0 Å². The Labute approximate surface area is 185 Å². The summed E-state index contributed by atoms with van der Waals surface area (Å²) >= 11 is 6.12. The van der Waals surface area contributed by atoms with Gasteiger partial charge < -0.3 is 14.1 Å². The number of nitrogens with zero attached hydrogens (tertiary/aromatic N) is 2. The molecule has 1 fully saturated rings. The van der Waals surface area contributed by atoms with Gasteiger partial charge in [-0.25, -0.2) is 0 Å². The highest BCUT2D eigenvalue weighted by Gasteiger charge is 2.42. The molecule has 6 nitrogen and oxygen atoms in total. The average molecular weight is 439 g/mol. The Morgan fingerprint density at radius 3 is 2.55 bits per heavy atom. The van der Waals surface area contributed by atoms with Gasteiger partial charge in [0.05, 0.1) is 30.2 Å². The number of hydrogen-bond acceptors (Lipinski definition) is 5. The van der Waals surface area contributed by atoms with Gasteiger partial charge in [0.1, 0.15) is 5.58 Å². The van der Waals surface area contributed by atoms with Crippen molar-refractivity contribution in [3.8, 4) is 0 Å². The molecule has 31 heavy (non-hydrogen) atoms. The number of hydrogen-bond donors (Lipinski definition) is 0.